The summed E-state index contributed by atoms with van der Waals surface area (Å²) in [6, 6.07) is 1.78. The summed E-state index contributed by atoms with van der Waals surface area (Å²) in [4.78, 5) is 11.3. The van der Waals surface area contributed by atoms with Gasteiger partial charge in [-0.3, -0.25) is 4.79 Å². The van der Waals surface area contributed by atoms with Crippen molar-refractivity contribution in [1.82, 2.24) is 0 Å². The van der Waals surface area contributed by atoms with Gasteiger partial charge in [-0.05, 0) is 19.3 Å². The van der Waals surface area contributed by atoms with Crippen molar-refractivity contribution in [3.05, 3.63) is 0 Å². The highest BCUT2D eigenvalue weighted by molar-refractivity contribution is 5.73. The maximum absolute atomic E-state index is 11.3. The van der Waals surface area contributed by atoms with Crippen molar-refractivity contribution in [3.8, 4) is 6.07 Å². The van der Waals surface area contributed by atoms with Crippen LogP contribution < -0.4 is 0 Å². The van der Waals surface area contributed by atoms with Crippen LogP contribution in [0, 0.1) is 17.2 Å². The highest BCUT2D eigenvalue weighted by Crippen LogP contribution is 2.39. The van der Waals surface area contributed by atoms with Gasteiger partial charge in [-0.25, -0.2) is 0 Å². The molecular weight excluding hydrogens is 170 g/mol. The summed E-state index contributed by atoms with van der Waals surface area (Å²) in [5.74, 6) is -0.388. The van der Waals surface area contributed by atoms with Crippen LogP contribution in [-0.2, 0) is 14.3 Å². The van der Waals surface area contributed by atoms with Crippen molar-refractivity contribution in [2.24, 2.45) is 5.92 Å². The minimum absolute atomic E-state index is 0.0520. The normalized spacial score (nSPS) is 35.8. The number of nitrogens with zero attached hydrogens (tertiary/aromatic N) is 1. The third-order valence-corrected chi connectivity index (χ3v) is 2.69. The van der Waals surface area contributed by atoms with E-state index in [1.807, 2.05) is 0 Å². The van der Waals surface area contributed by atoms with Gasteiger partial charge >= 0.3 is 5.97 Å². The van der Waals surface area contributed by atoms with E-state index < -0.39 is 0 Å². The Morgan fingerprint density at radius 2 is 2.46 bits per heavy atom. The zero-order valence-electron chi connectivity index (χ0n) is 7.23. The molecule has 0 N–H and O–H groups in total. The molecule has 0 aromatic rings. The molecule has 2 rings (SSSR count). The predicted octanol–water partition coefficient (Wildman–Crippen LogP) is 0.621. The number of hydrogen-bond acceptors (Lipinski definition) is 4. The number of carbonyl (C=O) groups excluding carboxylic acids is 1. The van der Waals surface area contributed by atoms with E-state index in [0.717, 1.165) is 19.3 Å². The van der Waals surface area contributed by atoms with Crippen molar-refractivity contribution >= 4 is 5.97 Å². The van der Waals surface area contributed by atoms with Gasteiger partial charge < -0.3 is 9.47 Å². The summed E-state index contributed by atoms with van der Waals surface area (Å²) >= 11 is 0. The largest absolute Gasteiger partial charge is 0.450 e. The Balaban J connectivity index is 1.88. The molecule has 70 valence electrons. The third kappa shape index (κ3) is 1.52. The van der Waals surface area contributed by atoms with E-state index >= 15 is 0 Å². The third-order valence-electron chi connectivity index (χ3n) is 2.69. The van der Waals surface area contributed by atoms with Gasteiger partial charge in [-0.15, -0.1) is 0 Å². The Hall–Kier alpha value is -1.08. The minimum atomic E-state index is -0.270. The van der Waals surface area contributed by atoms with Crippen LogP contribution in [0.4, 0.5) is 0 Å². The van der Waals surface area contributed by atoms with E-state index in [-0.39, 0.29) is 30.7 Å². The van der Waals surface area contributed by atoms with E-state index in [1.165, 1.54) is 0 Å². The Kier molecular flexibility index (Phi) is 2.19. The van der Waals surface area contributed by atoms with Gasteiger partial charge in [0.05, 0.1) is 18.1 Å². The lowest BCUT2D eigenvalue weighted by atomic mass is 9.89. The molecule has 0 saturated carbocycles. The Morgan fingerprint density at radius 3 is 3.00 bits per heavy atom. The van der Waals surface area contributed by atoms with Crippen LogP contribution in [0.1, 0.15) is 19.3 Å². The van der Waals surface area contributed by atoms with Crippen LogP contribution in [0.25, 0.3) is 0 Å². The maximum atomic E-state index is 11.3. The zero-order chi connectivity index (χ0) is 9.26. The lowest BCUT2D eigenvalue weighted by Gasteiger charge is -2.15. The first-order valence-electron chi connectivity index (χ1n) is 4.50. The van der Waals surface area contributed by atoms with Crippen molar-refractivity contribution in [3.63, 3.8) is 0 Å². The summed E-state index contributed by atoms with van der Waals surface area (Å²) in [6.45, 7) is -0.146. The lowest BCUT2D eigenvalue weighted by molar-refractivity contribution is -0.148. The molecule has 0 spiro atoms. The fourth-order valence-electron chi connectivity index (χ4n) is 2.10. The van der Waals surface area contributed by atoms with Gasteiger partial charge in [0, 0.05) is 0 Å². The maximum Gasteiger partial charge on any atom is 0.312 e. The summed E-state index contributed by atoms with van der Waals surface area (Å²) in [5, 5.41) is 8.23. The number of esters is 1. The number of hydrogen-bond donors (Lipinski definition) is 0. The van der Waals surface area contributed by atoms with Crippen molar-refractivity contribution in [2.75, 3.05) is 6.61 Å². The zero-order valence-corrected chi connectivity index (χ0v) is 7.23. The van der Waals surface area contributed by atoms with E-state index in [4.69, 9.17) is 14.7 Å². The fourth-order valence-corrected chi connectivity index (χ4v) is 2.10. The molecule has 2 aliphatic heterocycles. The molecule has 0 aromatic carbocycles. The number of rotatable bonds is 2. The summed E-state index contributed by atoms with van der Waals surface area (Å²) < 4.78 is 10.2. The molecular formula is C9H11NO3. The van der Waals surface area contributed by atoms with E-state index in [1.54, 1.807) is 6.07 Å². The first-order chi connectivity index (χ1) is 6.31. The van der Waals surface area contributed by atoms with Crippen LogP contribution in [0.3, 0.4) is 0 Å². The molecule has 0 radical (unpaired) electrons. The molecule has 2 bridgehead atoms. The molecule has 2 heterocycles. The average molecular weight is 181 g/mol. The Labute approximate surface area is 76.4 Å². The Bertz CT molecular complexity index is 258. The molecule has 0 amide bonds. The van der Waals surface area contributed by atoms with E-state index in [9.17, 15) is 4.79 Å². The fraction of sp³-hybridized carbons (Fsp3) is 0.778. The first kappa shape index (κ1) is 8.52. The average Bonchev–Trinajstić information content (AvgIpc) is 2.74. The molecule has 0 aromatic heterocycles. The molecule has 2 aliphatic rings. The van der Waals surface area contributed by atoms with Crippen LogP contribution in [-0.4, -0.2) is 24.8 Å². The monoisotopic (exact) mass is 181 g/mol. The van der Waals surface area contributed by atoms with Gasteiger partial charge in [0.2, 0.25) is 0 Å². The molecule has 2 saturated heterocycles. The number of ether oxygens (including phenoxy) is 2. The highest BCUT2D eigenvalue weighted by atomic mass is 16.5. The molecule has 3 atom stereocenters. The van der Waals surface area contributed by atoms with Crippen LogP contribution in [0.5, 0.6) is 0 Å². The van der Waals surface area contributed by atoms with Gasteiger partial charge in [0.1, 0.15) is 6.07 Å². The SMILES string of the molecule is N#CCOC(=O)[C@@H]1C[C@H]2CC[C@@H]1O2. The molecule has 0 aliphatic carbocycles. The van der Waals surface area contributed by atoms with Crippen molar-refractivity contribution < 1.29 is 14.3 Å². The molecule has 13 heavy (non-hydrogen) atoms. The molecule has 0 unspecified atom stereocenters. The predicted molar refractivity (Wildman–Crippen MR) is 42.6 cm³/mol. The molecule has 4 nitrogen and oxygen atoms in total. The van der Waals surface area contributed by atoms with Gasteiger partial charge in [-0.2, -0.15) is 5.26 Å². The van der Waals surface area contributed by atoms with Crippen molar-refractivity contribution in [1.29, 1.82) is 5.26 Å². The van der Waals surface area contributed by atoms with Gasteiger partial charge in [-0.1, -0.05) is 0 Å². The molecule has 4 heteroatoms. The topological polar surface area (TPSA) is 59.3 Å². The summed E-state index contributed by atoms with van der Waals surface area (Å²) in [5.41, 5.74) is 0. The molecule has 2 fully saturated rings. The number of nitriles is 1. The van der Waals surface area contributed by atoms with Gasteiger partial charge in [0.15, 0.2) is 6.61 Å². The van der Waals surface area contributed by atoms with Gasteiger partial charge in [0.25, 0.3) is 0 Å². The summed E-state index contributed by atoms with van der Waals surface area (Å²) in [6.07, 6.45) is 3.10. The second-order valence-electron chi connectivity index (χ2n) is 3.48. The van der Waals surface area contributed by atoms with E-state index in [2.05, 4.69) is 0 Å². The lowest BCUT2D eigenvalue weighted by Crippen LogP contribution is -2.27. The second-order valence-corrected chi connectivity index (χ2v) is 3.48. The summed E-state index contributed by atoms with van der Waals surface area (Å²) in [7, 11) is 0. The van der Waals surface area contributed by atoms with Crippen LogP contribution in [0.15, 0.2) is 0 Å². The number of carbonyl (C=O) groups is 1. The Morgan fingerprint density at radius 1 is 1.62 bits per heavy atom. The smallest absolute Gasteiger partial charge is 0.312 e. The number of fused-ring (bicyclic) bond motifs is 2. The quantitative estimate of drug-likeness (QED) is 0.586. The standard InChI is InChI=1S/C9H11NO3/c10-3-4-12-9(11)7-5-6-1-2-8(7)13-6/h6-8H,1-2,4-5H2/t6-,7-,8+/m1/s1. The van der Waals surface area contributed by atoms with Crippen molar-refractivity contribution in [2.45, 2.75) is 31.5 Å². The minimum Gasteiger partial charge on any atom is -0.450 e. The highest BCUT2D eigenvalue weighted by Gasteiger charge is 2.45. The first-order valence-corrected chi connectivity index (χ1v) is 4.50. The van der Waals surface area contributed by atoms with Crippen LogP contribution in [0.2, 0.25) is 0 Å². The van der Waals surface area contributed by atoms with E-state index in [0.29, 0.717) is 0 Å². The van der Waals surface area contributed by atoms with Crippen LogP contribution >= 0.6 is 0 Å². The second kappa shape index (κ2) is 3.35.